The van der Waals surface area contributed by atoms with Gasteiger partial charge in [-0.25, -0.2) is 4.79 Å². The molecule has 3 fully saturated rings. The Morgan fingerprint density at radius 3 is 1.55 bits per heavy atom. The summed E-state index contributed by atoms with van der Waals surface area (Å²) in [6.45, 7) is 2.47. The van der Waals surface area contributed by atoms with E-state index < -0.39 is 124 Å². The number of nitrogens with one attached hydrogen (secondary N) is 1. The van der Waals surface area contributed by atoms with E-state index >= 15 is 0 Å². The van der Waals surface area contributed by atoms with Gasteiger partial charge in [-0.3, -0.25) is 0 Å². The second-order valence-corrected chi connectivity index (χ2v) is 11.6. The summed E-state index contributed by atoms with van der Waals surface area (Å²) in [4.78, 5) is 11.8. The smallest absolute Gasteiger partial charge is 0.407 e. The summed E-state index contributed by atoms with van der Waals surface area (Å²) in [7, 11) is 0. The Bertz CT molecular complexity index is 888. The summed E-state index contributed by atoms with van der Waals surface area (Å²) in [5.41, 5.74) is -0.720. The van der Waals surface area contributed by atoms with E-state index in [0.29, 0.717) is 0 Å². The molecule has 258 valence electrons. The van der Waals surface area contributed by atoms with Gasteiger partial charge in [0.25, 0.3) is 0 Å². The van der Waals surface area contributed by atoms with E-state index in [1.165, 1.54) is 0 Å². The standard InChI is InChI=1S/C25H45NO18/c1-25(2,3)44-24(37)26-4-5-38-21-17(35)14(32)19(10(7-28)40-21)43-23-18(36)15(33)20(11(8-29)41-23)42-22-16(34)13(31)12(30)9(6-27)39-22/h9-23,27-36H,4-8H2,1-3H3,(H,26,37)/t9?,10-,11?,12+,13+,14?,15-,16?,17?,18?,19-,20+,21+,22+,23+/m1/s1. The van der Waals surface area contributed by atoms with Crippen molar-refractivity contribution >= 4 is 6.09 Å². The first kappa shape index (κ1) is 37.1. The zero-order chi connectivity index (χ0) is 32.9. The number of amides is 1. The minimum atomic E-state index is -1.94. The number of alkyl carbamates (subject to hydrolysis) is 1. The van der Waals surface area contributed by atoms with Gasteiger partial charge in [0, 0.05) is 6.54 Å². The molecule has 0 spiro atoms. The van der Waals surface area contributed by atoms with Crippen molar-refractivity contribution in [2.75, 3.05) is 33.0 Å². The Hall–Kier alpha value is -1.37. The van der Waals surface area contributed by atoms with Crippen molar-refractivity contribution in [2.45, 2.75) is 118 Å². The molecule has 3 heterocycles. The van der Waals surface area contributed by atoms with Crippen LogP contribution in [0.2, 0.25) is 0 Å². The molecule has 15 atom stereocenters. The molecular formula is C25H45NO18. The lowest BCUT2D eigenvalue weighted by Gasteiger charge is -2.48. The molecule has 0 aromatic rings. The number of hydrogen-bond acceptors (Lipinski definition) is 18. The van der Waals surface area contributed by atoms with Gasteiger partial charge in [-0.05, 0) is 20.8 Å². The fourth-order valence-corrected chi connectivity index (χ4v) is 4.82. The molecule has 19 heteroatoms. The molecule has 3 rings (SSSR count). The lowest BCUT2D eigenvalue weighted by molar-refractivity contribution is -0.379. The molecule has 0 aliphatic carbocycles. The van der Waals surface area contributed by atoms with Crippen LogP contribution < -0.4 is 5.32 Å². The van der Waals surface area contributed by atoms with E-state index in [-0.39, 0.29) is 13.2 Å². The number of ether oxygens (including phenoxy) is 7. The molecule has 19 nitrogen and oxygen atoms in total. The van der Waals surface area contributed by atoms with Gasteiger partial charge in [0.2, 0.25) is 0 Å². The van der Waals surface area contributed by atoms with Gasteiger partial charge in [0.1, 0.15) is 78.8 Å². The largest absolute Gasteiger partial charge is 0.444 e. The third kappa shape index (κ3) is 8.91. The summed E-state index contributed by atoms with van der Waals surface area (Å²) in [6.07, 6.45) is -25.7. The summed E-state index contributed by atoms with van der Waals surface area (Å²) in [5.74, 6) is 0. The van der Waals surface area contributed by atoms with Crippen LogP contribution in [0.4, 0.5) is 4.79 Å². The maximum atomic E-state index is 11.8. The van der Waals surface area contributed by atoms with Crippen molar-refractivity contribution in [3.05, 3.63) is 0 Å². The van der Waals surface area contributed by atoms with Crippen molar-refractivity contribution in [3.63, 3.8) is 0 Å². The number of aliphatic hydroxyl groups is 10. The van der Waals surface area contributed by atoms with Gasteiger partial charge in [-0.15, -0.1) is 0 Å². The first-order valence-corrected chi connectivity index (χ1v) is 14.1. The van der Waals surface area contributed by atoms with Crippen molar-refractivity contribution in [3.8, 4) is 0 Å². The molecule has 0 aromatic heterocycles. The molecule has 0 saturated carbocycles. The third-order valence-corrected chi connectivity index (χ3v) is 7.12. The van der Waals surface area contributed by atoms with Crippen LogP contribution in [-0.4, -0.2) is 188 Å². The summed E-state index contributed by atoms with van der Waals surface area (Å²) >= 11 is 0. The topological polar surface area (TPSA) is 296 Å². The minimum Gasteiger partial charge on any atom is -0.444 e. The van der Waals surface area contributed by atoms with Crippen LogP contribution in [0, 0.1) is 0 Å². The normalized spacial score (nSPS) is 43.4. The SMILES string of the molecule is CC(C)(C)OC(=O)NCCO[C@H]1O[C@H](CO)[C@@H](O[C@@H]2OC(CO)[C@H](O[C@@H]3OC(CO)[C@H](O)[C@H](O)C3O)[C@H](O)C2O)C(O)C1O. The van der Waals surface area contributed by atoms with Crippen LogP contribution in [0.5, 0.6) is 0 Å². The Balaban J connectivity index is 1.60. The van der Waals surface area contributed by atoms with Crippen LogP contribution >= 0.6 is 0 Å². The number of hydrogen-bond donors (Lipinski definition) is 11. The molecule has 11 N–H and O–H groups in total. The van der Waals surface area contributed by atoms with Crippen LogP contribution in [0.3, 0.4) is 0 Å². The Morgan fingerprint density at radius 1 is 0.636 bits per heavy atom. The van der Waals surface area contributed by atoms with Gasteiger partial charge in [0.15, 0.2) is 18.9 Å². The highest BCUT2D eigenvalue weighted by Crippen LogP contribution is 2.32. The van der Waals surface area contributed by atoms with Crippen molar-refractivity contribution < 1.29 is 89.0 Å². The predicted octanol–water partition coefficient (Wildman–Crippen LogP) is -6.02. The highest BCUT2D eigenvalue weighted by atomic mass is 16.8. The van der Waals surface area contributed by atoms with Crippen molar-refractivity contribution in [1.29, 1.82) is 0 Å². The lowest BCUT2D eigenvalue weighted by atomic mass is 9.96. The molecule has 1 amide bonds. The Morgan fingerprint density at radius 2 is 1.07 bits per heavy atom. The molecule has 6 unspecified atom stereocenters. The van der Waals surface area contributed by atoms with Crippen LogP contribution in [0.15, 0.2) is 0 Å². The monoisotopic (exact) mass is 647 g/mol. The quantitative estimate of drug-likeness (QED) is 0.0930. The predicted molar refractivity (Wildman–Crippen MR) is 139 cm³/mol. The van der Waals surface area contributed by atoms with E-state index in [0.717, 1.165) is 0 Å². The van der Waals surface area contributed by atoms with E-state index in [1.54, 1.807) is 20.8 Å². The van der Waals surface area contributed by atoms with E-state index in [9.17, 15) is 55.9 Å². The van der Waals surface area contributed by atoms with Crippen molar-refractivity contribution in [2.24, 2.45) is 0 Å². The maximum absolute atomic E-state index is 11.8. The fourth-order valence-electron chi connectivity index (χ4n) is 4.82. The van der Waals surface area contributed by atoms with E-state index in [4.69, 9.17) is 33.2 Å². The number of carbonyl (C=O) groups is 1. The van der Waals surface area contributed by atoms with Gasteiger partial charge >= 0.3 is 6.09 Å². The first-order valence-electron chi connectivity index (χ1n) is 14.1. The second-order valence-electron chi connectivity index (χ2n) is 11.6. The number of carbonyl (C=O) groups excluding carboxylic acids is 1. The van der Waals surface area contributed by atoms with Gasteiger partial charge in [-0.2, -0.15) is 0 Å². The maximum Gasteiger partial charge on any atom is 0.407 e. The van der Waals surface area contributed by atoms with Crippen molar-refractivity contribution in [1.82, 2.24) is 5.32 Å². The molecule has 44 heavy (non-hydrogen) atoms. The van der Waals surface area contributed by atoms with E-state index in [2.05, 4.69) is 5.32 Å². The Labute approximate surface area is 252 Å². The highest BCUT2D eigenvalue weighted by molar-refractivity contribution is 5.67. The molecule has 3 aliphatic rings. The zero-order valence-electron chi connectivity index (χ0n) is 24.4. The minimum absolute atomic E-state index is 0.0454. The van der Waals surface area contributed by atoms with Gasteiger partial charge in [0.05, 0.1) is 26.4 Å². The summed E-state index contributed by atoms with van der Waals surface area (Å²) in [6, 6.07) is 0. The molecule has 3 saturated heterocycles. The second kappa shape index (κ2) is 16.0. The van der Waals surface area contributed by atoms with Crippen LogP contribution in [0.1, 0.15) is 20.8 Å². The van der Waals surface area contributed by atoms with Gasteiger partial charge < -0.3 is 89.5 Å². The zero-order valence-corrected chi connectivity index (χ0v) is 24.4. The average Bonchev–Trinajstić information content (AvgIpc) is 2.97. The molecule has 0 radical (unpaired) electrons. The first-order chi connectivity index (χ1) is 20.6. The Kier molecular flexibility index (Phi) is 13.4. The number of rotatable bonds is 11. The number of aliphatic hydroxyl groups excluding tert-OH is 10. The summed E-state index contributed by atoms with van der Waals surface area (Å²) < 4.78 is 37.9. The van der Waals surface area contributed by atoms with Crippen LogP contribution in [0.25, 0.3) is 0 Å². The molecular weight excluding hydrogens is 602 g/mol. The molecule has 3 aliphatic heterocycles. The lowest BCUT2D eigenvalue weighted by Crippen LogP contribution is -2.66. The summed E-state index contributed by atoms with van der Waals surface area (Å²) in [5, 5.41) is 105. The van der Waals surface area contributed by atoms with Gasteiger partial charge in [-0.1, -0.05) is 0 Å². The molecule has 0 bridgehead atoms. The average molecular weight is 648 g/mol. The molecule has 0 aromatic carbocycles. The highest BCUT2D eigenvalue weighted by Gasteiger charge is 2.53. The third-order valence-electron chi connectivity index (χ3n) is 7.12. The van der Waals surface area contributed by atoms with E-state index in [1.807, 2.05) is 0 Å². The van der Waals surface area contributed by atoms with Crippen LogP contribution in [-0.2, 0) is 33.2 Å². The fraction of sp³-hybridized carbons (Fsp3) is 0.960.